The molecule has 104 heavy (non-hydrogen) atoms. The van der Waals surface area contributed by atoms with Gasteiger partial charge in [0, 0.05) is 39.6 Å². The molecule has 12 aromatic carbocycles. The third-order valence-corrected chi connectivity index (χ3v) is 22.2. The van der Waals surface area contributed by atoms with Crippen molar-refractivity contribution in [2.24, 2.45) is 5.41 Å². The van der Waals surface area contributed by atoms with Crippen molar-refractivity contribution < 1.29 is 9.47 Å². The smallest absolute Gasteiger partial charge is 0.256 e. The number of hydrogen-bond acceptors (Lipinski definition) is 4. The molecule has 16 rings (SSSR count). The predicted molar refractivity (Wildman–Crippen MR) is 446 cm³/mol. The molecule has 6 heteroatoms. The Morgan fingerprint density at radius 3 is 1.10 bits per heavy atom. The zero-order valence-corrected chi connectivity index (χ0v) is 63.7. The third-order valence-electron chi connectivity index (χ3n) is 22.2. The molecule has 4 aliphatic rings. The number of para-hydroxylation sites is 1. The lowest BCUT2D eigenvalue weighted by Gasteiger charge is -2.45. The summed E-state index contributed by atoms with van der Waals surface area (Å²) < 4.78 is 15.4. The SMILES string of the molecule is C/C=C(\C=C(/C)N1c2cc3c(cc2B2c4ccc(-c5cc(C(C)(C)C)cc(C(C)(C)C)c5)cc4Oc4cc(-c5ccccc5)cc1c42)B1c2ccc(-c4cc(C(C)(C)C)cc(C(C)(C)C)c4)cc2Oc2cc(-c4ccccc4)cc(c21)N3c1c(-c2ccccc2)cccc1-c1ccccc1)C(C)(C)C. The van der Waals surface area contributed by atoms with Crippen molar-refractivity contribution in [1.29, 1.82) is 0 Å². The highest BCUT2D eigenvalue weighted by Crippen LogP contribution is 2.53. The van der Waals surface area contributed by atoms with Crippen molar-refractivity contribution in [2.75, 3.05) is 9.80 Å². The van der Waals surface area contributed by atoms with Gasteiger partial charge in [0.15, 0.2) is 0 Å². The molecular formula is C98H94B2N2O2. The molecule has 514 valence electrons. The van der Waals surface area contributed by atoms with Crippen LogP contribution in [0.3, 0.4) is 0 Å². The fourth-order valence-electron chi connectivity index (χ4n) is 16.4. The predicted octanol–water partition coefficient (Wildman–Crippen LogP) is 23.3. The molecule has 0 radical (unpaired) electrons. The second-order valence-electron chi connectivity index (χ2n) is 34.6. The highest BCUT2D eigenvalue weighted by Gasteiger charge is 2.48. The fourth-order valence-corrected chi connectivity index (χ4v) is 16.4. The van der Waals surface area contributed by atoms with E-state index < -0.39 is 0 Å². The second-order valence-corrected chi connectivity index (χ2v) is 34.6. The van der Waals surface area contributed by atoms with E-state index in [9.17, 15) is 0 Å². The Morgan fingerprint density at radius 2 is 0.692 bits per heavy atom. The number of allylic oxidation sites excluding steroid dienone is 4. The van der Waals surface area contributed by atoms with E-state index in [-0.39, 0.29) is 40.5 Å². The molecule has 4 nitrogen and oxygen atoms in total. The van der Waals surface area contributed by atoms with Crippen molar-refractivity contribution in [3.63, 3.8) is 0 Å². The van der Waals surface area contributed by atoms with Crippen molar-refractivity contribution in [3.05, 3.63) is 294 Å². The van der Waals surface area contributed by atoms with Gasteiger partial charge < -0.3 is 19.3 Å². The van der Waals surface area contributed by atoms with Gasteiger partial charge in [-0.3, -0.25) is 0 Å². The normalized spacial score (nSPS) is 14.0. The number of fused-ring (bicyclic) bond motifs is 8. The molecule has 0 atom stereocenters. The maximum absolute atomic E-state index is 7.75. The first-order valence-corrected chi connectivity index (χ1v) is 37.4. The molecule has 0 fully saturated rings. The molecule has 0 bridgehead atoms. The molecule has 0 N–H and O–H groups in total. The van der Waals surface area contributed by atoms with Crippen LogP contribution >= 0.6 is 0 Å². The summed E-state index contributed by atoms with van der Waals surface area (Å²) in [5.74, 6) is 3.43. The van der Waals surface area contributed by atoms with Crippen LogP contribution in [0.25, 0.3) is 66.8 Å². The zero-order chi connectivity index (χ0) is 72.7. The quantitative estimate of drug-likeness (QED) is 0.106. The van der Waals surface area contributed by atoms with E-state index in [0.29, 0.717) is 0 Å². The van der Waals surface area contributed by atoms with E-state index in [4.69, 9.17) is 9.47 Å². The highest BCUT2D eigenvalue weighted by atomic mass is 16.5. The molecular weight excluding hydrogens is 1260 g/mol. The summed E-state index contributed by atoms with van der Waals surface area (Å²) in [5, 5.41) is 0. The van der Waals surface area contributed by atoms with Gasteiger partial charge in [0.25, 0.3) is 13.4 Å². The Labute approximate surface area is 619 Å². The second kappa shape index (κ2) is 25.1. The summed E-state index contributed by atoms with van der Waals surface area (Å²) in [6.45, 7) is 38.9. The lowest BCUT2D eigenvalue weighted by Crippen LogP contribution is -2.64. The van der Waals surface area contributed by atoms with E-state index in [1.54, 1.807) is 0 Å². The highest BCUT2D eigenvalue weighted by molar-refractivity contribution is 7.02. The molecule has 0 saturated heterocycles. The lowest BCUT2D eigenvalue weighted by molar-refractivity contribution is 0.487. The Kier molecular flexibility index (Phi) is 16.4. The van der Waals surface area contributed by atoms with Crippen LogP contribution in [-0.2, 0) is 21.7 Å². The van der Waals surface area contributed by atoms with Crippen LogP contribution in [-0.4, -0.2) is 13.4 Å². The van der Waals surface area contributed by atoms with Gasteiger partial charge in [-0.1, -0.05) is 316 Å². The Hall–Kier alpha value is -10.6. The number of ether oxygens (including phenoxy) is 2. The Morgan fingerprint density at radius 1 is 0.317 bits per heavy atom. The van der Waals surface area contributed by atoms with Gasteiger partial charge in [-0.2, -0.15) is 0 Å². The van der Waals surface area contributed by atoms with E-state index in [1.165, 1.54) is 49.9 Å². The first-order valence-electron chi connectivity index (χ1n) is 37.4. The Balaban J connectivity index is 1.04. The topological polar surface area (TPSA) is 24.9 Å². The summed E-state index contributed by atoms with van der Waals surface area (Å²) in [6.07, 6.45) is 4.73. The van der Waals surface area contributed by atoms with E-state index in [1.807, 2.05) is 0 Å². The van der Waals surface area contributed by atoms with Crippen LogP contribution in [0.1, 0.15) is 140 Å². The van der Waals surface area contributed by atoms with Crippen LogP contribution in [0.5, 0.6) is 23.0 Å². The minimum absolute atomic E-state index is 0.0664. The van der Waals surface area contributed by atoms with Crippen LogP contribution in [0, 0.1) is 5.41 Å². The minimum Gasteiger partial charge on any atom is -0.458 e. The lowest BCUT2D eigenvalue weighted by atomic mass is 9.30. The molecule has 0 saturated carbocycles. The van der Waals surface area contributed by atoms with Crippen LogP contribution in [0.4, 0.5) is 28.4 Å². The van der Waals surface area contributed by atoms with Gasteiger partial charge in [0.05, 0.1) is 5.69 Å². The van der Waals surface area contributed by atoms with E-state index >= 15 is 0 Å². The van der Waals surface area contributed by atoms with Crippen molar-refractivity contribution in [3.8, 4) is 89.8 Å². The van der Waals surface area contributed by atoms with Crippen molar-refractivity contribution in [2.45, 2.75) is 139 Å². The van der Waals surface area contributed by atoms with Crippen molar-refractivity contribution >= 4 is 74.6 Å². The van der Waals surface area contributed by atoms with Gasteiger partial charge in [-0.05, 0) is 206 Å². The number of rotatable bonds is 9. The number of benzene rings is 12. The summed E-state index contributed by atoms with van der Waals surface area (Å²) in [7, 11) is 0. The molecule has 0 amide bonds. The maximum atomic E-state index is 7.75. The molecule has 0 unspecified atom stereocenters. The number of hydrogen-bond donors (Lipinski definition) is 0. The molecule has 0 aromatic heterocycles. The largest absolute Gasteiger partial charge is 0.458 e. The fraction of sp³-hybridized carbons (Fsp3) is 0.224. The minimum atomic E-state index is -0.273. The van der Waals surface area contributed by atoms with Gasteiger partial charge in [0.2, 0.25) is 0 Å². The van der Waals surface area contributed by atoms with Gasteiger partial charge >= 0.3 is 0 Å². The summed E-state index contributed by atoms with van der Waals surface area (Å²) in [5.41, 5.74) is 33.2. The maximum Gasteiger partial charge on any atom is 0.256 e. The number of nitrogens with zero attached hydrogens (tertiary/aromatic N) is 2. The summed E-state index contributed by atoms with van der Waals surface area (Å²) in [6, 6.07) is 94.1. The van der Waals surface area contributed by atoms with E-state index in [0.717, 1.165) is 135 Å². The van der Waals surface area contributed by atoms with Gasteiger partial charge in [0.1, 0.15) is 23.0 Å². The monoisotopic (exact) mass is 1350 g/mol. The van der Waals surface area contributed by atoms with Crippen molar-refractivity contribution in [1.82, 2.24) is 0 Å². The average molecular weight is 1350 g/mol. The summed E-state index contributed by atoms with van der Waals surface area (Å²) in [4.78, 5) is 5.23. The number of anilines is 5. The molecule has 0 spiro atoms. The standard InChI is InChI=1S/C98H94B2N2O2/c1-18-72(94(3,4)5)46-61(2)101-83-60-84-82(59-81(83)99-79-44-42-66(68-47-73(95(6,7)8)57-74(48-68)96(9,10)11)53-87(79)103-89-55-70(51-85(101)91(89)99)62-32-23-19-24-33-62)100-80-45-43-67(69-49-75(97(12,13)14)58-76(50-69)98(15,16)17)54-88(80)104-90-56-71(63-34-25-20-26-35-63)52-86(92(90)100)102(84)93-77(64-36-27-21-28-37-64)40-31-41-78(93)65-38-29-22-30-39-65/h18-60H,1-17H3/b61-46+,72-18+. The zero-order valence-electron chi connectivity index (χ0n) is 63.7. The summed E-state index contributed by atoms with van der Waals surface area (Å²) >= 11 is 0. The van der Waals surface area contributed by atoms with Crippen LogP contribution < -0.4 is 52.1 Å². The van der Waals surface area contributed by atoms with E-state index in [2.05, 4.69) is 388 Å². The molecule has 0 aliphatic carbocycles. The average Bonchev–Trinajstić information content (AvgIpc) is 0.685. The Bertz CT molecular complexity index is 5360. The third kappa shape index (κ3) is 12.0. The van der Waals surface area contributed by atoms with Gasteiger partial charge in [-0.15, -0.1) is 0 Å². The molecule has 12 aromatic rings. The molecule has 4 heterocycles. The molecule has 4 aliphatic heterocycles. The van der Waals surface area contributed by atoms with Gasteiger partial charge in [-0.25, -0.2) is 0 Å². The first-order chi connectivity index (χ1) is 49.6. The first kappa shape index (κ1) is 67.9. The van der Waals surface area contributed by atoms with Crippen LogP contribution in [0.15, 0.2) is 272 Å². The van der Waals surface area contributed by atoms with Crippen LogP contribution in [0.2, 0.25) is 0 Å².